The SMILES string of the molecule is C[C@H]1C[C@H](C(N)=O)c2ccccc2N1Cc1ccccc1C#N. The topological polar surface area (TPSA) is 70.1 Å². The molecular weight excluding hydrogens is 286 g/mol. The lowest BCUT2D eigenvalue weighted by Crippen LogP contribution is -2.41. The molecule has 0 aromatic heterocycles. The third-order valence-electron chi connectivity index (χ3n) is 4.55. The summed E-state index contributed by atoms with van der Waals surface area (Å²) >= 11 is 0. The zero-order chi connectivity index (χ0) is 16.4. The Hall–Kier alpha value is -2.80. The molecule has 0 saturated heterocycles. The minimum Gasteiger partial charge on any atom is -0.369 e. The van der Waals surface area contributed by atoms with Gasteiger partial charge in [-0.05, 0) is 36.6 Å². The Bertz CT molecular complexity index is 778. The molecule has 116 valence electrons. The Labute approximate surface area is 136 Å². The summed E-state index contributed by atoms with van der Waals surface area (Å²) in [5, 5.41) is 9.29. The van der Waals surface area contributed by atoms with Gasteiger partial charge in [-0.15, -0.1) is 0 Å². The van der Waals surface area contributed by atoms with Crippen molar-refractivity contribution in [3.63, 3.8) is 0 Å². The van der Waals surface area contributed by atoms with Gasteiger partial charge >= 0.3 is 0 Å². The molecule has 0 aliphatic carbocycles. The number of nitrogens with zero attached hydrogens (tertiary/aromatic N) is 2. The molecule has 0 spiro atoms. The predicted molar refractivity (Wildman–Crippen MR) is 89.8 cm³/mol. The van der Waals surface area contributed by atoms with E-state index in [4.69, 9.17) is 5.73 Å². The van der Waals surface area contributed by atoms with E-state index >= 15 is 0 Å². The van der Waals surface area contributed by atoms with E-state index in [0.717, 1.165) is 16.8 Å². The fourth-order valence-electron chi connectivity index (χ4n) is 3.34. The van der Waals surface area contributed by atoms with Gasteiger partial charge in [-0.25, -0.2) is 0 Å². The molecule has 1 amide bonds. The van der Waals surface area contributed by atoms with Crippen molar-refractivity contribution in [3.8, 4) is 6.07 Å². The minimum absolute atomic E-state index is 0.175. The summed E-state index contributed by atoms with van der Waals surface area (Å²) in [5.41, 5.74) is 9.28. The molecule has 0 fully saturated rings. The van der Waals surface area contributed by atoms with E-state index in [1.54, 1.807) is 0 Å². The van der Waals surface area contributed by atoms with Gasteiger partial charge < -0.3 is 10.6 Å². The molecule has 0 radical (unpaired) electrons. The van der Waals surface area contributed by atoms with Crippen molar-refractivity contribution in [3.05, 3.63) is 65.2 Å². The van der Waals surface area contributed by atoms with E-state index in [1.165, 1.54) is 0 Å². The maximum absolute atomic E-state index is 11.8. The molecule has 0 saturated carbocycles. The molecule has 1 aliphatic heterocycles. The highest BCUT2D eigenvalue weighted by Gasteiger charge is 2.33. The maximum Gasteiger partial charge on any atom is 0.225 e. The first-order chi connectivity index (χ1) is 11.1. The number of nitriles is 1. The van der Waals surface area contributed by atoms with Crippen LogP contribution in [0.2, 0.25) is 0 Å². The average molecular weight is 305 g/mol. The van der Waals surface area contributed by atoms with Gasteiger partial charge in [0.05, 0.1) is 17.6 Å². The molecule has 1 aliphatic rings. The lowest BCUT2D eigenvalue weighted by molar-refractivity contribution is -0.119. The van der Waals surface area contributed by atoms with E-state index in [0.29, 0.717) is 18.5 Å². The monoisotopic (exact) mass is 305 g/mol. The van der Waals surface area contributed by atoms with Crippen molar-refractivity contribution in [2.75, 3.05) is 4.90 Å². The van der Waals surface area contributed by atoms with Crippen LogP contribution in [0.3, 0.4) is 0 Å². The number of nitrogens with two attached hydrogens (primary N) is 1. The molecule has 4 heteroatoms. The fourth-order valence-corrected chi connectivity index (χ4v) is 3.34. The molecule has 0 bridgehead atoms. The zero-order valence-corrected chi connectivity index (χ0v) is 13.1. The largest absolute Gasteiger partial charge is 0.369 e. The molecular formula is C19H19N3O. The second-order valence-corrected chi connectivity index (χ2v) is 6.00. The van der Waals surface area contributed by atoms with Crippen molar-refractivity contribution in [1.82, 2.24) is 0 Å². The van der Waals surface area contributed by atoms with Crippen LogP contribution in [0, 0.1) is 11.3 Å². The zero-order valence-electron chi connectivity index (χ0n) is 13.1. The second-order valence-electron chi connectivity index (χ2n) is 6.00. The summed E-state index contributed by atoms with van der Waals surface area (Å²) in [7, 11) is 0. The van der Waals surface area contributed by atoms with Crippen molar-refractivity contribution in [2.24, 2.45) is 5.73 Å². The van der Waals surface area contributed by atoms with Crippen LogP contribution in [-0.2, 0) is 11.3 Å². The lowest BCUT2D eigenvalue weighted by Gasteiger charge is -2.40. The quantitative estimate of drug-likeness (QED) is 0.947. The Balaban J connectivity index is 2.01. The predicted octanol–water partition coefficient (Wildman–Crippen LogP) is 2.93. The van der Waals surface area contributed by atoms with Crippen LogP contribution >= 0.6 is 0 Å². The highest BCUT2D eigenvalue weighted by atomic mass is 16.1. The summed E-state index contributed by atoms with van der Waals surface area (Å²) in [4.78, 5) is 14.0. The van der Waals surface area contributed by atoms with Crippen LogP contribution in [-0.4, -0.2) is 11.9 Å². The number of hydrogen-bond acceptors (Lipinski definition) is 3. The summed E-state index contributed by atoms with van der Waals surface area (Å²) < 4.78 is 0. The van der Waals surface area contributed by atoms with Gasteiger partial charge in [-0.3, -0.25) is 4.79 Å². The van der Waals surface area contributed by atoms with Crippen LogP contribution in [0.15, 0.2) is 48.5 Å². The number of rotatable bonds is 3. The van der Waals surface area contributed by atoms with E-state index in [2.05, 4.69) is 17.9 Å². The number of primary amides is 1. The molecule has 2 N–H and O–H groups in total. The van der Waals surface area contributed by atoms with Gasteiger partial charge in [0, 0.05) is 18.3 Å². The molecule has 2 aromatic carbocycles. The van der Waals surface area contributed by atoms with Gasteiger partial charge in [-0.1, -0.05) is 36.4 Å². The molecule has 23 heavy (non-hydrogen) atoms. The van der Waals surface area contributed by atoms with E-state index < -0.39 is 0 Å². The highest BCUT2D eigenvalue weighted by Crippen LogP contribution is 2.39. The van der Waals surface area contributed by atoms with E-state index in [1.807, 2.05) is 48.5 Å². The van der Waals surface area contributed by atoms with E-state index in [9.17, 15) is 10.1 Å². The third kappa shape index (κ3) is 2.78. The Morgan fingerprint density at radius 2 is 1.96 bits per heavy atom. The second kappa shape index (κ2) is 6.13. The van der Waals surface area contributed by atoms with Gasteiger partial charge in [-0.2, -0.15) is 5.26 Å². The Morgan fingerprint density at radius 1 is 1.26 bits per heavy atom. The first kappa shape index (κ1) is 15.1. The number of anilines is 1. The van der Waals surface area contributed by atoms with Crippen LogP contribution in [0.1, 0.15) is 36.0 Å². The van der Waals surface area contributed by atoms with Crippen molar-refractivity contribution < 1.29 is 4.79 Å². The molecule has 0 unspecified atom stereocenters. The normalized spacial score (nSPS) is 19.7. The summed E-state index contributed by atoms with van der Waals surface area (Å²) in [5.74, 6) is -0.523. The number of carbonyl (C=O) groups is 1. The number of fused-ring (bicyclic) bond motifs is 1. The van der Waals surface area contributed by atoms with Crippen LogP contribution < -0.4 is 10.6 Å². The van der Waals surface area contributed by atoms with Crippen molar-refractivity contribution in [1.29, 1.82) is 5.26 Å². The van der Waals surface area contributed by atoms with Gasteiger partial charge in [0.2, 0.25) is 5.91 Å². The van der Waals surface area contributed by atoms with Crippen molar-refractivity contribution in [2.45, 2.75) is 31.8 Å². The van der Waals surface area contributed by atoms with Crippen LogP contribution in [0.4, 0.5) is 5.69 Å². The lowest BCUT2D eigenvalue weighted by atomic mass is 9.85. The standard InChI is InChI=1S/C19H19N3O/c1-13-10-17(19(21)23)16-8-4-5-9-18(16)22(13)12-15-7-3-2-6-14(15)11-20/h2-9,13,17H,10,12H2,1H3,(H2,21,23)/t13-,17-/m0/s1. The van der Waals surface area contributed by atoms with E-state index in [-0.39, 0.29) is 17.9 Å². The van der Waals surface area contributed by atoms with Gasteiger partial charge in [0.15, 0.2) is 0 Å². The Kier molecular flexibility index (Phi) is 4.03. The molecule has 2 atom stereocenters. The molecule has 3 rings (SSSR count). The summed E-state index contributed by atoms with van der Waals surface area (Å²) in [6.45, 7) is 2.74. The number of hydrogen-bond donors (Lipinski definition) is 1. The first-order valence-electron chi connectivity index (χ1n) is 7.74. The van der Waals surface area contributed by atoms with Crippen LogP contribution in [0.5, 0.6) is 0 Å². The summed E-state index contributed by atoms with van der Waals surface area (Å²) in [6.07, 6.45) is 0.696. The molecule has 1 heterocycles. The van der Waals surface area contributed by atoms with Crippen LogP contribution in [0.25, 0.3) is 0 Å². The highest BCUT2D eigenvalue weighted by molar-refractivity contribution is 5.85. The minimum atomic E-state index is -0.277. The third-order valence-corrected chi connectivity index (χ3v) is 4.55. The van der Waals surface area contributed by atoms with Gasteiger partial charge in [0.1, 0.15) is 0 Å². The number of amides is 1. The Morgan fingerprint density at radius 3 is 2.70 bits per heavy atom. The smallest absolute Gasteiger partial charge is 0.225 e. The van der Waals surface area contributed by atoms with Crippen molar-refractivity contribution >= 4 is 11.6 Å². The molecule has 4 nitrogen and oxygen atoms in total. The van der Waals surface area contributed by atoms with Gasteiger partial charge in [0.25, 0.3) is 0 Å². The average Bonchev–Trinajstić information content (AvgIpc) is 2.57. The number of carbonyl (C=O) groups excluding carboxylic acids is 1. The summed E-state index contributed by atoms with van der Waals surface area (Å²) in [6, 6.07) is 18.0. The maximum atomic E-state index is 11.8. The number of para-hydroxylation sites is 1. The molecule has 2 aromatic rings. The fraction of sp³-hybridized carbons (Fsp3) is 0.263. The number of benzene rings is 2. The first-order valence-corrected chi connectivity index (χ1v) is 7.74.